The minimum absolute atomic E-state index is 0.109. The number of hydrogen-bond acceptors (Lipinski definition) is 5. The highest BCUT2D eigenvalue weighted by Crippen LogP contribution is 2.25. The number of unbranched alkanes of at least 4 members (excludes halogenated alkanes) is 1. The first-order chi connectivity index (χ1) is 17.8. The van der Waals surface area contributed by atoms with Crippen molar-refractivity contribution in [1.82, 2.24) is 0 Å². The first kappa shape index (κ1) is 27.5. The molecule has 0 saturated carbocycles. The number of nitriles is 1. The monoisotopic (exact) mass is 497 g/mol. The molecule has 3 aromatic carbocycles. The molecule has 0 aromatic heterocycles. The van der Waals surface area contributed by atoms with Crippen molar-refractivity contribution in [2.24, 2.45) is 5.73 Å². The molecule has 6 heteroatoms. The van der Waals surface area contributed by atoms with Gasteiger partial charge in [0.1, 0.15) is 11.4 Å². The van der Waals surface area contributed by atoms with Crippen LogP contribution in [-0.2, 0) is 11.2 Å². The molecule has 0 fully saturated rings. The van der Waals surface area contributed by atoms with Crippen molar-refractivity contribution in [3.8, 4) is 22.9 Å². The number of carbonyl (C=O) groups excluding carboxylic acids is 1. The Bertz CT molecular complexity index is 1270. The van der Waals surface area contributed by atoms with Gasteiger partial charge in [0.05, 0.1) is 18.2 Å². The van der Waals surface area contributed by atoms with E-state index in [0.29, 0.717) is 41.1 Å². The lowest BCUT2D eigenvalue weighted by atomic mass is 9.96. The first-order valence-electron chi connectivity index (χ1n) is 12.5. The summed E-state index contributed by atoms with van der Waals surface area (Å²) in [5.74, 6) is 0.366. The van der Waals surface area contributed by atoms with Gasteiger partial charge in [-0.15, -0.1) is 0 Å². The zero-order chi connectivity index (χ0) is 26.8. The first-order valence-corrected chi connectivity index (χ1v) is 12.5. The number of hydrogen-bond donors (Lipinski definition) is 3. The molecule has 0 atom stereocenters. The number of ether oxygens (including phenoxy) is 1. The van der Waals surface area contributed by atoms with E-state index in [1.807, 2.05) is 42.5 Å². The molecule has 3 aromatic rings. The molecule has 0 bridgehead atoms. The maximum Gasteiger partial charge on any atom is 0.253 e. The Morgan fingerprint density at radius 1 is 1.05 bits per heavy atom. The third-order valence-electron chi connectivity index (χ3n) is 6.04. The van der Waals surface area contributed by atoms with E-state index in [9.17, 15) is 15.2 Å². The van der Waals surface area contributed by atoms with E-state index in [4.69, 9.17) is 10.5 Å². The molecule has 0 aliphatic rings. The summed E-state index contributed by atoms with van der Waals surface area (Å²) in [6.07, 6.45) is 2.93. The molecule has 0 aliphatic heterocycles. The molecule has 0 aliphatic carbocycles. The number of nitrogens with two attached hydrogens (primary N) is 1. The maximum absolute atomic E-state index is 13.3. The lowest BCUT2D eigenvalue weighted by Gasteiger charge is -2.24. The molecule has 192 valence electrons. The van der Waals surface area contributed by atoms with Crippen molar-refractivity contribution >= 4 is 11.6 Å². The Kier molecular flexibility index (Phi) is 9.48. The van der Waals surface area contributed by atoms with Crippen LogP contribution < -0.4 is 15.8 Å². The lowest BCUT2D eigenvalue weighted by Crippen LogP contribution is -2.32. The topological polar surface area (TPSA) is 108 Å². The van der Waals surface area contributed by atoms with Crippen molar-refractivity contribution in [2.75, 3.05) is 11.9 Å². The van der Waals surface area contributed by atoms with Crippen LogP contribution in [0, 0.1) is 11.3 Å². The van der Waals surface area contributed by atoms with Crippen LogP contribution in [-0.4, -0.2) is 23.2 Å². The lowest BCUT2D eigenvalue weighted by molar-refractivity contribution is -0.113. The van der Waals surface area contributed by atoms with Crippen molar-refractivity contribution < 1.29 is 14.6 Å². The van der Waals surface area contributed by atoms with Crippen molar-refractivity contribution in [1.29, 1.82) is 5.26 Å². The average molecular weight is 498 g/mol. The summed E-state index contributed by atoms with van der Waals surface area (Å²) in [5, 5.41) is 21.8. The van der Waals surface area contributed by atoms with Gasteiger partial charge in [-0.25, -0.2) is 0 Å². The fraction of sp³-hybridized carbons (Fsp3) is 0.290. The fourth-order valence-corrected chi connectivity index (χ4v) is 3.86. The number of nitrogens with zero attached hydrogens (tertiary/aromatic N) is 1. The largest absolute Gasteiger partial charge is 0.485 e. The van der Waals surface area contributed by atoms with E-state index in [0.717, 1.165) is 29.5 Å². The summed E-state index contributed by atoms with van der Waals surface area (Å²) in [7, 11) is 0. The second kappa shape index (κ2) is 12.8. The summed E-state index contributed by atoms with van der Waals surface area (Å²) in [6.45, 7) is 5.58. The van der Waals surface area contributed by atoms with Crippen LogP contribution in [0.2, 0.25) is 0 Å². The van der Waals surface area contributed by atoms with E-state index in [2.05, 4.69) is 18.3 Å². The van der Waals surface area contributed by atoms with Crippen LogP contribution in [0.3, 0.4) is 0 Å². The average Bonchev–Trinajstić information content (AvgIpc) is 2.91. The van der Waals surface area contributed by atoms with E-state index in [1.165, 1.54) is 0 Å². The molecule has 6 nitrogen and oxygen atoms in total. The van der Waals surface area contributed by atoms with Crippen LogP contribution in [0.15, 0.2) is 84.1 Å². The maximum atomic E-state index is 13.3. The standard InChI is InChI=1S/C31H35N3O3/c1-4-5-10-29(33)28(30(36)34-25-15-17-26(18-16-25)37-31(2,3)21-35)19-22-11-13-23(14-12-22)27-9-7-6-8-24(27)20-32/h6-9,11-18,35H,4-5,10,19,21,33H2,1-3H3,(H,34,36)/b29-28-. The predicted octanol–water partition coefficient (Wildman–Crippen LogP) is 5.96. The normalized spacial score (nSPS) is 11.9. The van der Waals surface area contributed by atoms with Gasteiger partial charge in [0.15, 0.2) is 0 Å². The van der Waals surface area contributed by atoms with Gasteiger partial charge < -0.3 is 20.9 Å². The van der Waals surface area contributed by atoms with Crippen LogP contribution >= 0.6 is 0 Å². The van der Waals surface area contributed by atoms with Gasteiger partial charge in [-0.1, -0.05) is 55.8 Å². The van der Waals surface area contributed by atoms with Gasteiger partial charge in [-0.2, -0.15) is 5.26 Å². The summed E-state index contributed by atoms with van der Waals surface area (Å²) >= 11 is 0. The summed E-state index contributed by atoms with van der Waals surface area (Å²) in [6, 6.07) is 24.7. The number of anilines is 1. The highest BCUT2D eigenvalue weighted by molar-refractivity contribution is 6.04. The SMILES string of the molecule is CCCC/C(N)=C(\Cc1ccc(-c2ccccc2C#N)cc1)C(=O)Nc1ccc(OC(C)(C)CO)cc1. The van der Waals surface area contributed by atoms with Crippen LogP contribution in [0.25, 0.3) is 11.1 Å². The van der Waals surface area contributed by atoms with Crippen molar-refractivity contribution in [2.45, 2.75) is 52.1 Å². The third kappa shape index (κ3) is 7.70. The molecule has 0 radical (unpaired) electrons. The van der Waals surface area contributed by atoms with Gasteiger partial charge in [0.25, 0.3) is 5.91 Å². The molecular formula is C31H35N3O3. The quantitative estimate of drug-likeness (QED) is 0.283. The third-order valence-corrected chi connectivity index (χ3v) is 6.04. The Labute approximate surface area is 219 Å². The van der Waals surface area contributed by atoms with Crippen LogP contribution in [0.4, 0.5) is 5.69 Å². The smallest absolute Gasteiger partial charge is 0.253 e. The zero-order valence-electron chi connectivity index (χ0n) is 21.8. The highest BCUT2D eigenvalue weighted by atomic mass is 16.5. The van der Waals surface area contributed by atoms with Gasteiger partial charge in [0.2, 0.25) is 0 Å². The van der Waals surface area contributed by atoms with E-state index in [1.54, 1.807) is 44.2 Å². The molecule has 1 amide bonds. The summed E-state index contributed by atoms with van der Waals surface area (Å²) in [4.78, 5) is 13.3. The number of aliphatic hydroxyl groups is 1. The molecule has 0 spiro atoms. The predicted molar refractivity (Wildman–Crippen MR) is 148 cm³/mol. The number of allylic oxidation sites excluding steroid dienone is 1. The van der Waals surface area contributed by atoms with Crippen molar-refractivity contribution in [3.63, 3.8) is 0 Å². The van der Waals surface area contributed by atoms with Crippen LogP contribution in [0.1, 0.15) is 51.2 Å². The Morgan fingerprint density at radius 2 is 1.73 bits per heavy atom. The molecule has 0 saturated heterocycles. The van der Waals surface area contributed by atoms with Gasteiger partial charge in [-0.05, 0) is 73.7 Å². The van der Waals surface area contributed by atoms with Gasteiger partial charge in [-0.3, -0.25) is 4.79 Å². The Hall–Kier alpha value is -4.08. The second-order valence-corrected chi connectivity index (χ2v) is 9.64. The number of aliphatic hydroxyl groups excluding tert-OH is 1. The molecule has 37 heavy (non-hydrogen) atoms. The summed E-state index contributed by atoms with van der Waals surface area (Å²) in [5.41, 5.74) is 10.9. The molecule has 3 rings (SSSR count). The number of carbonyl (C=O) groups is 1. The minimum atomic E-state index is -0.694. The number of rotatable bonds is 11. The van der Waals surface area contributed by atoms with E-state index >= 15 is 0 Å². The molecular weight excluding hydrogens is 462 g/mol. The van der Waals surface area contributed by atoms with E-state index < -0.39 is 5.60 Å². The zero-order valence-corrected chi connectivity index (χ0v) is 21.8. The molecule has 0 heterocycles. The van der Waals surface area contributed by atoms with Crippen molar-refractivity contribution in [3.05, 3.63) is 95.2 Å². The molecule has 4 N–H and O–H groups in total. The number of nitrogens with one attached hydrogen (secondary N) is 1. The highest BCUT2D eigenvalue weighted by Gasteiger charge is 2.19. The summed E-state index contributed by atoms with van der Waals surface area (Å²) < 4.78 is 5.77. The molecule has 0 unspecified atom stereocenters. The number of amides is 1. The minimum Gasteiger partial charge on any atom is -0.485 e. The van der Waals surface area contributed by atoms with Gasteiger partial charge in [0, 0.05) is 23.4 Å². The van der Waals surface area contributed by atoms with E-state index in [-0.39, 0.29) is 12.5 Å². The Balaban J connectivity index is 1.78. The number of benzene rings is 3. The van der Waals surface area contributed by atoms with Crippen LogP contribution in [0.5, 0.6) is 5.75 Å². The fourth-order valence-electron chi connectivity index (χ4n) is 3.86. The second-order valence-electron chi connectivity index (χ2n) is 9.64. The Morgan fingerprint density at radius 3 is 2.35 bits per heavy atom. The van der Waals surface area contributed by atoms with Gasteiger partial charge >= 0.3 is 0 Å².